The summed E-state index contributed by atoms with van der Waals surface area (Å²) in [5, 5.41) is 13.6. The Kier molecular flexibility index (Phi) is 5.78. The number of nitrogens with one attached hydrogen (secondary N) is 1. The molecule has 1 aromatic heterocycles. The summed E-state index contributed by atoms with van der Waals surface area (Å²) in [6, 6.07) is 7.77. The number of anilines is 2. The molecule has 4 N–H and O–H groups in total. The molecule has 1 fully saturated rings. The molecule has 0 radical (unpaired) electrons. The van der Waals surface area contributed by atoms with Gasteiger partial charge < -0.3 is 16.2 Å². The van der Waals surface area contributed by atoms with Gasteiger partial charge in [0.15, 0.2) is 0 Å². The Morgan fingerprint density at radius 1 is 1.20 bits per heavy atom. The molecule has 132 valence electrons. The third-order valence-electron chi connectivity index (χ3n) is 4.39. The normalized spacial score (nSPS) is 20.3. The van der Waals surface area contributed by atoms with E-state index in [0.717, 1.165) is 24.8 Å². The maximum atomic E-state index is 9.31. The second-order valence-corrected chi connectivity index (χ2v) is 6.96. The number of nitrogens with two attached hydrogens (primary N) is 1. The van der Waals surface area contributed by atoms with Gasteiger partial charge in [-0.3, -0.25) is 0 Å². The molecule has 0 aliphatic heterocycles. The first-order valence-corrected chi connectivity index (χ1v) is 8.95. The van der Waals surface area contributed by atoms with E-state index < -0.39 is 0 Å². The standard InChI is InChI=1S/C18H20Cl2N4O/c19-15-4-2-1-3-12(15)6-8-14-16(20)23-18(21)24-17(14)22-13-7-5-11(9-13)10-25/h1-4,6,8,11,13,25H,5,7,9-10H2,(H3,21,22,23,24)/b8-6+/t11-,13+/m1/s1. The molecule has 3 rings (SSSR count). The van der Waals surface area contributed by atoms with Crippen LogP contribution in [0.5, 0.6) is 0 Å². The van der Waals surface area contributed by atoms with Crippen LogP contribution in [0.15, 0.2) is 24.3 Å². The first-order chi connectivity index (χ1) is 12.1. The molecule has 5 nitrogen and oxygen atoms in total. The van der Waals surface area contributed by atoms with Crippen molar-refractivity contribution in [2.75, 3.05) is 17.7 Å². The number of nitrogens with zero attached hydrogens (tertiary/aromatic N) is 2. The number of aromatic nitrogens is 2. The molecular formula is C18H20Cl2N4O. The Bertz CT molecular complexity index is 782. The number of aliphatic hydroxyl groups excluding tert-OH is 1. The number of halogens is 2. The quantitative estimate of drug-likeness (QED) is 0.681. The fourth-order valence-corrected chi connectivity index (χ4v) is 3.50. The van der Waals surface area contributed by atoms with E-state index in [0.29, 0.717) is 22.3 Å². The molecule has 1 aliphatic carbocycles. The van der Waals surface area contributed by atoms with Crippen molar-refractivity contribution < 1.29 is 5.11 Å². The molecule has 0 spiro atoms. The predicted molar refractivity (Wildman–Crippen MR) is 104 cm³/mol. The fourth-order valence-electron chi connectivity index (χ4n) is 3.06. The van der Waals surface area contributed by atoms with Crippen molar-refractivity contribution in [3.05, 3.63) is 45.6 Å². The summed E-state index contributed by atoms with van der Waals surface area (Å²) >= 11 is 12.5. The van der Waals surface area contributed by atoms with Crippen molar-refractivity contribution >= 4 is 47.1 Å². The molecule has 1 aromatic carbocycles. The molecule has 0 saturated heterocycles. The van der Waals surface area contributed by atoms with Gasteiger partial charge >= 0.3 is 0 Å². The van der Waals surface area contributed by atoms with Gasteiger partial charge in [-0.05, 0) is 42.9 Å². The molecule has 1 aliphatic rings. The van der Waals surface area contributed by atoms with E-state index >= 15 is 0 Å². The monoisotopic (exact) mass is 378 g/mol. The van der Waals surface area contributed by atoms with Crippen LogP contribution in [0.4, 0.5) is 11.8 Å². The SMILES string of the molecule is Nc1nc(Cl)c(/C=C/c2ccccc2Cl)c(N[C@H]2CC[C@@H](CO)C2)n1. The third kappa shape index (κ3) is 4.42. The van der Waals surface area contributed by atoms with Gasteiger partial charge in [-0.25, -0.2) is 4.98 Å². The van der Waals surface area contributed by atoms with E-state index in [9.17, 15) is 5.11 Å². The van der Waals surface area contributed by atoms with Gasteiger partial charge in [0.2, 0.25) is 5.95 Å². The minimum atomic E-state index is 0.124. The van der Waals surface area contributed by atoms with Crippen LogP contribution in [-0.2, 0) is 0 Å². The highest BCUT2D eigenvalue weighted by Crippen LogP contribution is 2.31. The molecule has 7 heteroatoms. The van der Waals surface area contributed by atoms with Crippen molar-refractivity contribution in [3.8, 4) is 0 Å². The highest BCUT2D eigenvalue weighted by Gasteiger charge is 2.25. The zero-order valence-corrected chi connectivity index (χ0v) is 15.1. The molecular weight excluding hydrogens is 359 g/mol. The van der Waals surface area contributed by atoms with Crippen LogP contribution in [0.25, 0.3) is 12.2 Å². The van der Waals surface area contributed by atoms with Crippen LogP contribution >= 0.6 is 23.2 Å². The molecule has 0 unspecified atom stereocenters. The topological polar surface area (TPSA) is 84.1 Å². The van der Waals surface area contributed by atoms with Crippen molar-refractivity contribution in [1.82, 2.24) is 9.97 Å². The lowest BCUT2D eigenvalue weighted by Crippen LogP contribution is -2.18. The van der Waals surface area contributed by atoms with E-state index in [1.54, 1.807) is 0 Å². The zero-order valence-electron chi connectivity index (χ0n) is 13.6. The van der Waals surface area contributed by atoms with Crippen LogP contribution in [-0.4, -0.2) is 27.7 Å². The Morgan fingerprint density at radius 3 is 2.72 bits per heavy atom. The molecule has 2 atom stereocenters. The van der Waals surface area contributed by atoms with Crippen LogP contribution in [0.2, 0.25) is 10.2 Å². The Labute approximate surface area is 156 Å². The summed E-state index contributed by atoms with van der Waals surface area (Å²) in [4.78, 5) is 8.35. The van der Waals surface area contributed by atoms with Crippen LogP contribution in [0.1, 0.15) is 30.4 Å². The minimum Gasteiger partial charge on any atom is -0.396 e. The van der Waals surface area contributed by atoms with Crippen LogP contribution in [0, 0.1) is 5.92 Å². The summed E-state index contributed by atoms with van der Waals surface area (Å²) < 4.78 is 0. The van der Waals surface area contributed by atoms with E-state index in [4.69, 9.17) is 28.9 Å². The molecule has 1 saturated carbocycles. The van der Waals surface area contributed by atoms with Crippen molar-refractivity contribution in [1.29, 1.82) is 0 Å². The summed E-state index contributed by atoms with van der Waals surface area (Å²) in [5.74, 6) is 1.05. The summed E-state index contributed by atoms with van der Waals surface area (Å²) in [7, 11) is 0. The van der Waals surface area contributed by atoms with Crippen molar-refractivity contribution in [2.45, 2.75) is 25.3 Å². The maximum absolute atomic E-state index is 9.31. The van der Waals surface area contributed by atoms with Gasteiger partial charge in [-0.2, -0.15) is 4.98 Å². The molecule has 0 bridgehead atoms. The lowest BCUT2D eigenvalue weighted by atomic mass is 10.1. The van der Waals surface area contributed by atoms with Gasteiger partial charge in [0, 0.05) is 17.7 Å². The van der Waals surface area contributed by atoms with Crippen LogP contribution < -0.4 is 11.1 Å². The second-order valence-electron chi connectivity index (χ2n) is 6.19. The highest BCUT2D eigenvalue weighted by atomic mass is 35.5. The minimum absolute atomic E-state index is 0.124. The Morgan fingerprint density at radius 2 is 2.00 bits per heavy atom. The van der Waals surface area contributed by atoms with Gasteiger partial charge in [0.25, 0.3) is 0 Å². The first-order valence-electron chi connectivity index (χ1n) is 8.20. The fraction of sp³-hybridized carbons (Fsp3) is 0.333. The highest BCUT2D eigenvalue weighted by molar-refractivity contribution is 6.32. The number of hydrogen-bond acceptors (Lipinski definition) is 5. The summed E-state index contributed by atoms with van der Waals surface area (Å²) in [6.07, 6.45) is 6.57. The number of nitrogen functional groups attached to an aromatic ring is 1. The lowest BCUT2D eigenvalue weighted by molar-refractivity contribution is 0.229. The number of rotatable bonds is 5. The van der Waals surface area contributed by atoms with E-state index in [-0.39, 0.29) is 23.8 Å². The second kappa shape index (κ2) is 8.04. The van der Waals surface area contributed by atoms with E-state index in [1.807, 2.05) is 36.4 Å². The van der Waals surface area contributed by atoms with Gasteiger partial charge in [0.05, 0.1) is 5.56 Å². The molecule has 1 heterocycles. The Hall–Kier alpha value is -1.82. The number of hydrogen-bond donors (Lipinski definition) is 3. The molecule has 0 amide bonds. The van der Waals surface area contributed by atoms with Crippen molar-refractivity contribution in [2.24, 2.45) is 5.92 Å². The summed E-state index contributed by atoms with van der Waals surface area (Å²) in [5.41, 5.74) is 7.30. The zero-order chi connectivity index (χ0) is 17.8. The van der Waals surface area contributed by atoms with Gasteiger partial charge in [0.1, 0.15) is 11.0 Å². The molecule has 2 aromatic rings. The smallest absolute Gasteiger partial charge is 0.223 e. The lowest BCUT2D eigenvalue weighted by Gasteiger charge is -2.16. The van der Waals surface area contributed by atoms with E-state index in [1.165, 1.54) is 0 Å². The molecule has 25 heavy (non-hydrogen) atoms. The third-order valence-corrected chi connectivity index (χ3v) is 5.02. The predicted octanol–water partition coefficient (Wildman–Crippen LogP) is 4.11. The van der Waals surface area contributed by atoms with E-state index in [2.05, 4.69) is 15.3 Å². The summed E-state index contributed by atoms with van der Waals surface area (Å²) in [6.45, 7) is 0.212. The van der Waals surface area contributed by atoms with Crippen LogP contribution in [0.3, 0.4) is 0 Å². The first kappa shape index (κ1) is 18.0. The maximum Gasteiger partial charge on any atom is 0.223 e. The average Bonchev–Trinajstić information content (AvgIpc) is 3.03. The average molecular weight is 379 g/mol. The van der Waals surface area contributed by atoms with Crippen molar-refractivity contribution in [3.63, 3.8) is 0 Å². The van der Waals surface area contributed by atoms with Gasteiger partial charge in [-0.1, -0.05) is 47.5 Å². The largest absolute Gasteiger partial charge is 0.396 e. The Balaban J connectivity index is 1.87. The van der Waals surface area contributed by atoms with Gasteiger partial charge in [-0.15, -0.1) is 0 Å². The number of aliphatic hydroxyl groups is 1. The number of benzene rings is 1.